The summed E-state index contributed by atoms with van der Waals surface area (Å²) < 4.78 is 1.52. The number of aryl methyl sites for hydroxylation is 1. The highest BCUT2D eigenvalue weighted by atomic mass is 16.1. The van der Waals surface area contributed by atoms with Crippen molar-refractivity contribution in [3.8, 4) is 0 Å². The molecular formula is C11H19N3O. The van der Waals surface area contributed by atoms with Gasteiger partial charge in [0.2, 0.25) is 0 Å². The maximum absolute atomic E-state index is 11.6. The first kappa shape index (κ1) is 11.9. The fourth-order valence-corrected chi connectivity index (χ4v) is 1.50. The topological polar surface area (TPSA) is 46.9 Å². The van der Waals surface area contributed by atoms with Crippen LogP contribution in [0.4, 0.5) is 0 Å². The van der Waals surface area contributed by atoms with Crippen LogP contribution in [0.2, 0.25) is 0 Å². The van der Waals surface area contributed by atoms with Crippen molar-refractivity contribution in [1.82, 2.24) is 15.1 Å². The summed E-state index contributed by atoms with van der Waals surface area (Å²) in [4.78, 5) is 11.6. The van der Waals surface area contributed by atoms with Crippen molar-refractivity contribution in [2.75, 3.05) is 6.54 Å². The van der Waals surface area contributed by atoms with Crippen molar-refractivity contribution >= 4 is 0 Å². The molecule has 1 aromatic heterocycles. The highest BCUT2D eigenvalue weighted by Crippen LogP contribution is 1.94. The molecule has 0 radical (unpaired) electrons. The maximum atomic E-state index is 11.6. The Morgan fingerprint density at radius 2 is 2.27 bits per heavy atom. The Labute approximate surface area is 90.3 Å². The van der Waals surface area contributed by atoms with E-state index in [4.69, 9.17) is 0 Å². The van der Waals surface area contributed by atoms with Gasteiger partial charge < -0.3 is 5.32 Å². The summed E-state index contributed by atoms with van der Waals surface area (Å²) >= 11 is 0. The van der Waals surface area contributed by atoms with Crippen LogP contribution in [0.3, 0.4) is 0 Å². The van der Waals surface area contributed by atoms with Crippen LogP contribution in [-0.4, -0.2) is 22.4 Å². The zero-order valence-corrected chi connectivity index (χ0v) is 9.66. The van der Waals surface area contributed by atoms with E-state index in [9.17, 15) is 4.79 Å². The maximum Gasteiger partial charge on any atom is 0.267 e. The highest BCUT2D eigenvalue weighted by Gasteiger charge is 2.06. The van der Waals surface area contributed by atoms with Gasteiger partial charge in [-0.05, 0) is 25.5 Å². The lowest BCUT2D eigenvalue weighted by molar-refractivity contribution is 0.412. The average Bonchev–Trinajstić information content (AvgIpc) is 2.21. The Bertz CT molecular complexity index is 359. The van der Waals surface area contributed by atoms with Crippen molar-refractivity contribution in [3.63, 3.8) is 0 Å². The predicted molar refractivity (Wildman–Crippen MR) is 61.0 cm³/mol. The summed E-state index contributed by atoms with van der Waals surface area (Å²) in [6.45, 7) is 7.60. The number of nitrogens with one attached hydrogen (secondary N) is 1. The summed E-state index contributed by atoms with van der Waals surface area (Å²) in [5.41, 5.74) is 0.888. The summed E-state index contributed by atoms with van der Waals surface area (Å²) in [7, 11) is 0. The van der Waals surface area contributed by atoms with Gasteiger partial charge in [-0.15, -0.1) is 0 Å². The Morgan fingerprint density at radius 1 is 1.53 bits per heavy atom. The molecule has 0 aliphatic rings. The first-order valence-corrected chi connectivity index (χ1v) is 5.44. The van der Waals surface area contributed by atoms with E-state index < -0.39 is 0 Å². The molecular weight excluding hydrogens is 190 g/mol. The van der Waals surface area contributed by atoms with Crippen molar-refractivity contribution in [2.45, 2.75) is 39.8 Å². The molecule has 0 aromatic carbocycles. The largest absolute Gasteiger partial charge is 0.312 e. The van der Waals surface area contributed by atoms with E-state index in [2.05, 4.69) is 24.3 Å². The minimum Gasteiger partial charge on any atom is -0.312 e. The Hall–Kier alpha value is -1.16. The SMILES string of the molecule is CCNC(CC)Cn1ncc(C)cc1=O. The Balaban J connectivity index is 2.75. The van der Waals surface area contributed by atoms with Gasteiger partial charge >= 0.3 is 0 Å². The summed E-state index contributed by atoms with van der Waals surface area (Å²) in [6, 6.07) is 1.94. The van der Waals surface area contributed by atoms with E-state index in [1.54, 1.807) is 12.3 Å². The van der Waals surface area contributed by atoms with E-state index >= 15 is 0 Å². The fraction of sp³-hybridized carbons (Fsp3) is 0.636. The van der Waals surface area contributed by atoms with Crippen LogP contribution in [0.1, 0.15) is 25.8 Å². The second-order valence-corrected chi connectivity index (χ2v) is 3.72. The lowest BCUT2D eigenvalue weighted by Crippen LogP contribution is -2.37. The van der Waals surface area contributed by atoms with E-state index in [1.807, 2.05) is 6.92 Å². The molecule has 1 rings (SSSR count). The summed E-state index contributed by atoms with van der Waals surface area (Å²) in [5, 5.41) is 7.43. The van der Waals surface area contributed by atoms with Crippen LogP contribution >= 0.6 is 0 Å². The minimum atomic E-state index is -0.0219. The first-order valence-electron chi connectivity index (χ1n) is 5.44. The van der Waals surface area contributed by atoms with Gasteiger partial charge in [-0.25, -0.2) is 4.68 Å². The second-order valence-electron chi connectivity index (χ2n) is 3.72. The lowest BCUT2D eigenvalue weighted by atomic mass is 10.2. The van der Waals surface area contributed by atoms with Gasteiger partial charge in [-0.2, -0.15) is 5.10 Å². The molecule has 15 heavy (non-hydrogen) atoms. The van der Waals surface area contributed by atoms with Gasteiger partial charge in [-0.3, -0.25) is 4.79 Å². The Morgan fingerprint density at radius 3 is 2.80 bits per heavy atom. The quantitative estimate of drug-likeness (QED) is 0.785. The van der Waals surface area contributed by atoms with Gasteiger partial charge in [0.15, 0.2) is 0 Å². The molecule has 0 saturated heterocycles. The molecule has 0 spiro atoms. The molecule has 0 aliphatic heterocycles. The van der Waals surface area contributed by atoms with Crippen molar-refractivity contribution in [1.29, 1.82) is 0 Å². The van der Waals surface area contributed by atoms with E-state index in [1.165, 1.54) is 4.68 Å². The first-order chi connectivity index (χ1) is 7.17. The molecule has 4 heteroatoms. The van der Waals surface area contributed by atoms with Crippen molar-refractivity contribution in [3.05, 3.63) is 28.2 Å². The molecule has 0 fully saturated rings. The predicted octanol–water partition coefficient (Wildman–Crippen LogP) is 0.940. The van der Waals surface area contributed by atoms with Crippen LogP contribution in [0, 0.1) is 6.92 Å². The minimum absolute atomic E-state index is 0.0219. The fourth-order valence-electron chi connectivity index (χ4n) is 1.50. The molecule has 1 N–H and O–H groups in total. The monoisotopic (exact) mass is 209 g/mol. The van der Waals surface area contributed by atoms with Crippen LogP contribution in [-0.2, 0) is 6.54 Å². The molecule has 1 aromatic rings. The number of likely N-dealkylation sites (N-methyl/N-ethyl adjacent to an activating group) is 1. The molecule has 1 unspecified atom stereocenters. The molecule has 1 atom stereocenters. The second kappa shape index (κ2) is 5.66. The van der Waals surface area contributed by atoms with Crippen LogP contribution in [0.5, 0.6) is 0 Å². The molecule has 4 nitrogen and oxygen atoms in total. The Kier molecular flexibility index (Phi) is 4.49. The molecule has 0 aliphatic carbocycles. The number of hydrogen-bond acceptors (Lipinski definition) is 3. The zero-order valence-electron chi connectivity index (χ0n) is 9.66. The lowest BCUT2D eigenvalue weighted by Gasteiger charge is -2.16. The van der Waals surface area contributed by atoms with Gasteiger partial charge in [0.25, 0.3) is 5.56 Å². The van der Waals surface area contributed by atoms with Crippen LogP contribution < -0.4 is 10.9 Å². The number of aromatic nitrogens is 2. The van der Waals surface area contributed by atoms with Crippen LogP contribution in [0.15, 0.2) is 17.1 Å². The molecule has 0 bridgehead atoms. The summed E-state index contributed by atoms with van der Waals surface area (Å²) in [6.07, 6.45) is 2.72. The third-order valence-corrected chi connectivity index (χ3v) is 2.39. The third kappa shape index (κ3) is 3.47. The van der Waals surface area contributed by atoms with Gasteiger partial charge in [0, 0.05) is 12.1 Å². The van der Waals surface area contributed by atoms with E-state index in [0.717, 1.165) is 18.5 Å². The van der Waals surface area contributed by atoms with Gasteiger partial charge in [0.05, 0.1) is 12.7 Å². The van der Waals surface area contributed by atoms with Crippen LogP contribution in [0.25, 0.3) is 0 Å². The highest BCUT2D eigenvalue weighted by molar-refractivity contribution is 5.02. The number of nitrogens with zero attached hydrogens (tertiary/aromatic N) is 2. The standard InChI is InChI=1S/C11H19N3O/c1-4-10(12-5-2)8-14-11(15)6-9(3)7-13-14/h6-7,10,12H,4-5,8H2,1-3H3. The molecule has 0 amide bonds. The van der Waals surface area contributed by atoms with E-state index in [0.29, 0.717) is 12.6 Å². The van der Waals surface area contributed by atoms with Crippen molar-refractivity contribution < 1.29 is 0 Å². The number of hydrogen-bond donors (Lipinski definition) is 1. The van der Waals surface area contributed by atoms with Gasteiger partial charge in [-0.1, -0.05) is 13.8 Å². The smallest absolute Gasteiger partial charge is 0.267 e. The third-order valence-electron chi connectivity index (χ3n) is 2.39. The molecule has 0 saturated carbocycles. The summed E-state index contributed by atoms with van der Waals surface area (Å²) in [5.74, 6) is 0. The number of rotatable bonds is 5. The van der Waals surface area contributed by atoms with E-state index in [-0.39, 0.29) is 5.56 Å². The molecule has 84 valence electrons. The molecule has 1 heterocycles. The normalized spacial score (nSPS) is 12.7. The average molecular weight is 209 g/mol. The van der Waals surface area contributed by atoms with Gasteiger partial charge in [0.1, 0.15) is 0 Å². The zero-order chi connectivity index (χ0) is 11.3. The van der Waals surface area contributed by atoms with Crippen molar-refractivity contribution in [2.24, 2.45) is 0 Å².